The number of nitrogens with two attached hydrogens (primary N) is 1. The second kappa shape index (κ2) is 6.05. The van der Waals surface area contributed by atoms with Crippen molar-refractivity contribution in [3.05, 3.63) is 46.3 Å². The maximum atomic E-state index is 12.2. The van der Waals surface area contributed by atoms with Crippen LogP contribution in [0.2, 0.25) is 10.0 Å². The number of benzene rings is 1. The van der Waals surface area contributed by atoms with E-state index in [0.717, 1.165) is 0 Å². The molecule has 0 bridgehead atoms. The molecule has 1 aromatic heterocycles. The number of nitrogen functional groups attached to an aromatic ring is 1. The highest BCUT2D eigenvalue weighted by Gasteiger charge is 2.22. The Bertz CT molecular complexity index is 676. The molecule has 0 aliphatic rings. The van der Waals surface area contributed by atoms with Gasteiger partial charge in [0.2, 0.25) is 10.0 Å². The molecule has 0 unspecified atom stereocenters. The Morgan fingerprint density at radius 1 is 1.25 bits per heavy atom. The van der Waals surface area contributed by atoms with Crippen LogP contribution in [-0.4, -0.2) is 15.0 Å². The van der Waals surface area contributed by atoms with Crippen molar-refractivity contribution in [3.8, 4) is 0 Å². The molecular weight excluding hydrogens is 323 g/mol. The van der Waals surface area contributed by atoms with E-state index in [4.69, 9.17) is 33.4 Å². The lowest BCUT2D eigenvalue weighted by atomic mass is 10.3. The van der Waals surface area contributed by atoms with E-state index in [1.165, 1.54) is 18.4 Å². The fourth-order valence-electron chi connectivity index (χ4n) is 1.67. The Labute approximate surface area is 126 Å². The van der Waals surface area contributed by atoms with Crippen molar-refractivity contribution in [1.29, 1.82) is 0 Å². The first kappa shape index (κ1) is 15.2. The third-order valence-electron chi connectivity index (χ3n) is 2.53. The predicted molar refractivity (Wildman–Crippen MR) is 78.5 cm³/mol. The third-order valence-corrected chi connectivity index (χ3v) is 4.91. The van der Waals surface area contributed by atoms with E-state index in [1.54, 1.807) is 12.1 Å². The molecule has 1 heterocycles. The molecule has 0 saturated heterocycles. The Kier molecular flexibility index (Phi) is 4.59. The normalized spacial score (nSPS) is 11.7. The number of furan rings is 1. The fraction of sp³-hybridized carbons (Fsp3) is 0.167. The molecule has 0 aliphatic carbocycles. The molecule has 0 saturated carbocycles. The van der Waals surface area contributed by atoms with E-state index >= 15 is 0 Å². The molecular formula is C12H12Cl2N2O3S. The standard InChI is InChI=1S/C12H12Cl2N2O3S/c13-10-6-8(15)7-11(14)12(10)20(17,18)16-4-3-9-2-1-5-19-9/h1-2,5-7,16H,3-4,15H2. The van der Waals surface area contributed by atoms with Crippen LogP contribution in [-0.2, 0) is 16.4 Å². The number of sulfonamides is 1. The number of halogens is 2. The topological polar surface area (TPSA) is 85.3 Å². The number of nitrogens with one attached hydrogen (secondary N) is 1. The number of hydrogen-bond donors (Lipinski definition) is 2. The average Bonchev–Trinajstić information content (AvgIpc) is 2.79. The van der Waals surface area contributed by atoms with Gasteiger partial charge in [-0.2, -0.15) is 0 Å². The molecule has 2 rings (SSSR count). The minimum absolute atomic E-state index is 0.0134. The summed E-state index contributed by atoms with van der Waals surface area (Å²) in [5, 5.41) is -0.0269. The number of hydrogen-bond acceptors (Lipinski definition) is 4. The lowest BCUT2D eigenvalue weighted by Gasteiger charge is -2.10. The van der Waals surface area contributed by atoms with Crippen molar-refractivity contribution in [2.75, 3.05) is 12.3 Å². The lowest BCUT2D eigenvalue weighted by Crippen LogP contribution is -2.26. The third kappa shape index (κ3) is 3.46. The van der Waals surface area contributed by atoms with Crippen molar-refractivity contribution < 1.29 is 12.8 Å². The fourth-order valence-corrected chi connectivity index (χ4v) is 3.93. The summed E-state index contributed by atoms with van der Waals surface area (Å²) in [6.07, 6.45) is 1.95. The smallest absolute Gasteiger partial charge is 0.243 e. The highest BCUT2D eigenvalue weighted by atomic mass is 35.5. The van der Waals surface area contributed by atoms with Gasteiger partial charge >= 0.3 is 0 Å². The summed E-state index contributed by atoms with van der Waals surface area (Å²) in [6.45, 7) is 0.173. The maximum Gasteiger partial charge on any atom is 0.243 e. The zero-order valence-corrected chi connectivity index (χ0v) is 12.6. The summed E-state index contributed by atoms with van der Waals surface area (Å²) in [6, 6.07) is 6.18. The van der Waals surface area contributed by atoms with Gasteiger partial charge in [0.15, 0.2) is 0 Å². The Hall–Kier alpha value is -1.21. The van der Waals surface area contributed by atoms with Gasteiger partial charge in [-0.3, -0.25) is 0 Å². The summed E-state index contributed by atoms with van der Waals surface area (Å²) in [5.41, 5.74) is 5.84. The number of anilines is 1. The van der Waals surface area contributed by atoms with Gasteiger partial charge in [-0.1, -0.05) is 23.2 Å². The Balaban J connectivity index is 2.14. The summed E-state index contributed by atoms with van der Waals surface area (Å²) < 4.78 is 31.9. The van der Waals surface area contributed by atoms with Crippen molar-refractivity contribution in [3.63, 3.8) is 0 Å². The second-order valence-electron chi connectivity index (χ2n) is 4.04. The summed E-state index contributed by atoms with van der Waals surface area (Å²) in [4.78, 5) is -0.172. The van der Waals surface area contributed by atoms with Crippen LogP contribution in [0.5, 0.6) is 0 Å². The Morgan fingerprint density at radius 2 is 1.90 bits per heavy atom. The van der Waals surface area contributed by atoms with Gasteiger partial charge in [0.25, 0.3) is 0 Å². The minimum Gasteiger partial charge on any atom is -0.469 e. The first-order chi connectivity index (χ1) is 9.40. The molecule has 2 aromatic rings. The van der Waals surface area contributed by atoms with Crippen molar-refractivity contribution in [2.45, 2.75) is 11.3 Å². The van der Waals surface area contributed by atoms with E-state index in [0.29, 0.717) is 17.9 Å². The molecule has 3 N–H and O–H groups in total. The highest BCUT2D eigenvalue weighted by Crippen LogP contribution is 2.31. The van der Waals surface area contributed by atoms with Gasteiger partial charge < -0.3 is 10.2 Å². The van der Waals surface area contributed by atoms with Crippen LogP contribution in [0.3, 0.4) is 0 Å². The van der Waals surface area contributed by atoms with Crippen LogP contribution in [0.1, 0.15) is 5.76 Å². The van der Waals surface area contributed by atoms with Crippen LogP contribution in [0, 0.1) is 0 Å². The first-order valence-electron chi connectivity index (χ1n) is 5.67. The SMILES string of the molecule is Nc1cc(Cl)c(S(=O)(=O)NCCc2ccco2)c(Cl)c1. The molecule has 0 amide bonds. The van der Waals surface area contributed by atoms with Crippen LogP contribution in [0.4, 0.5) is 5.69 Å². The van der Waals surface area contributed by atoms with Crippen molar-refractivity contribution >= 4 is 38.9 Å². The predicted octanol–water partition coefficient (Wildman–Crippen LogP) is 2.69. The zero-order chi connectivity index (χ0) is 14.8. The van der Waals surface area contributed by atoms with Crippen LogP contribution in [0.25, 0.3) is 0 Å². The van der Waals surface area contributed by atoms with E-state index in [1.807, 2.05) is 0 Å². The van der Waals surface area contributed by atoms with Gasteiger partial charge in [-0.15, -0.1) is 0 Å². The van der Waals surface area contributed by atoms with E-state index in [-0.39, 0.29) is 21.5 Å². The summed E-state index contributed by atoms with van der Waals surface area (Å²) in [5.74, 6) is 0.683. The molecule has 0 aliphatic heterocycles. The van der Waals surface area contributed by atoms with E-state index in [9.17, 15) is 8.42 Å². The molecule has 0 fully saturated rings. The van der Waals surface area contributed by atoms with Gasteiger partial charge in [0.05, 0.1) is 16.3 Å². The van der Waals surface area contributed by atoms with Gasteiger partial charge in [-0.05, 0) is 24.3 Å². The lowest BCUT2D eigenvalue weighted by molar-refractivity contribution is 0.506. The monoisotopic (exact) mass is 334 g/mol. The van der Waals surface area contributed by atoms with Crippen LogP contribution < -0.4 is 10.5 Å². The highest BCUT2D eigenvalue weighted by molar-refractivity contribution is 7.89. The molecule has 108 valence electrons. The van der Waals surface area contributed by atoms with E-state index in [2.05, 4.69) is 4.72 Å². The molecule has 0 spiro atoms. The molecule has 20 heavy (non-hydrogen) atoms. The Morgan fingerprint density at radius 3 is 2.45 bits per heavy atom. The maximum absolute atomic E-state index is 12.2. The quantitative estimate of drug-likeness (QED) is 0.823. The van der Waals surface area contributed by atoms with E-state index < -0.39 is 10.0 Å². The van der Waals surface area contributed by atoms with Gasteiger partial charge in [0.1, 0.15) is 10.7 Å². The summed E-state index contributed by atoms with van der Waals surface area (Å²) in [7, 11) is -3.80. The molecule has 1 aromatic carbocycles. The van der Waals surface area contributed by atoms with Crippen LogP contribution >= 0.6 is 23.2 Å². The zero-order valence-electron chi connectivity index (χ0n) is 10.3. The van der Waals surface area contributed by atoms with Gasteiger partial charge in [-0.25, -0.2) is 13.1 Å². The van der Waals surface area contributed by atoms with Crippen molar-refractivity contribution in [1.82, 2.24) is 4.72 Å². The van der Waals surface area contributed by atoms with Crippen molar-refractivity contribution in [2.24, 2.45) is 0 Å². The molecule has 5 nitrogen and oxygen atoms in total. The molecule has 8 heteroatoms. The molecule has 0 radical (unpaired) electrons. The summed E-state index contributed by atoms with van der Waals surface area (Å²) >= 11 is 11.8. The number of rotatable bonds is 5. The van der Waals surface area contributed by atoms with Crippen LogP contribution in [0.15, 0.2) is 39.8 Å². The average molecular weight is 335 g/mol. The minimum atomic E-state index is -3.80. The largest absolute Gasteiger partial charge is 0.469 e. The first-order valence-corrected chi connectivity index (χ1v) is 7.90. The molecule has 0 atom stereocenters. The second-order valence-corrected chi connectivity index (χ2v) is 6.56. The van der Waals surface area contributed by atoms with Gasteiger partial charge in [0, 0.05) is 18.7 Å².